The van der Waals surface area contributed by atoms with Crippen molar-refractivity contribution in [3.05, 3.63) is 59.9 Å². The fraction of sp³-hybridized carbons (Fsp3) is 0.133. The largest absolute Gasteiger partial charge is 0.234 e. The first-order chi connectivity index (χ1) is 9.24. The van der Waals surface area contributed by atoms with Crippen LogP contribution >= 0.6 is 0 Å². The van der Waals surface area contributed by atoms with Crippen molar-refractivity contribution < 1.29 is 0 Å². The molecule has 4 heteroatoms. The van der Waals surface area contributed by atoms with E-state index >= 15 is 0 Å². The molecular weight excluding hydrogens is 236 g/mol. The maximum absolute atomic E-state index is 4.43. The van der Waals surface area contributed by atoms with Gasteiger partial charge >= 0.3 is 0 Å². The summed E-state index contributed by atoms with van der Waals surface area (Å²) in [5.74, 6) is 0.785. The van der Waals surface area contributed by atoms with Crippen LogP contribution in [0.5, 0.6) is 0 Å². The second-order valence-electron chi connectivity index (χ2n) is 4.50. The molecule has 0 bridgehead atoms. The number of pyridine rings is 1. The molecule has 0 radical (unpaired) electrons. The van der Waals surface area contributed by atoms with Gasteiger partial charge in [0.25, 0.3) is 0 Å². The van der Waals surface area contributed by atoms with E-state index in [0.29, 0.717) is 0 Å². The van der Waals surface area contributed by atoms with Gasteiger partial charge in [-0.05, 0) is 31.5 Å². The zero-order chi connectivity index (χ0) is 13.2. The molecule has 0 aliphatic rings. The van der Waals surface area contributed by atoms with E-state index < -0.39 is 0 Å². The van der Waals surface area contributed by atoms with Gasteiger partial charge in [-0.15, -0.1) is 5.10 Å². The number of hydrogen-bond donors (Lipinski definition) is 0. The quantitative estimate of drug-likeness (QED) is 0.702. The van der Waals surface area contributed by atoms with Crippen LogP contribution in [0.4, 0.5) is 0 Å². The van der Waals surface area contributed by atoms with Crippen LogP contribution in [0, 0.1) is 13.8 Å². The molecule has 0 N–H and O–H groups in total. The van der Waals surface area contributed by atoms with E-state index in [1.165, 1.54) is 5.56 Å². The fourth-order valence-corrected chi connectivity index (χ4v) is 2.02. The van der Waals surface area contributed by atoms with Crippen molar-refractivity contribution in [3.8, 4) is 17.1 Å². The van der Waals surface area contributed by atoms with E-state index in [-0.39, 0.29) is 0 Å². The van der Waals surface area contributed by atoms with Crippen molar-refractivity contribution in [2.24, 2.45) is 0 Å². The first kappa shape index (κ1) is 11.6. The van der Waals surface area contributed by atoms with Crippen molar-refractivity contribution in [3.63, 3.8) is 0 Å². The van der Waals surface area contributed by atoms with E-state index in [4.69, 9.17) is 0 Å². The first-order valence-electron chi connectivity index (χ1n) is 6.16. The molecule has 0 amide bonds. The molecule has 0 atom stereocenters. The number of nitrogens with zero attached hydrogens (tertiary/aromatic N) is 4. The Morgan fingerprint density at radius 3 is 2.58 bits per heavy atom. The first-order valence-corrected chi connectivity index (χ1v) is 6.16. The molecule has 3 rings (SSSR count). The standard InChI is InChI=1S/C15H14N4/c1-11-6-3-4-8-13(11)14-10-19(18-17-14)15-9-5-7-12(2)16-15/h3-10H,1-2H3. The Morgan fingerprint density at radius 2 is 1.79 bits per heavy atom. The zero-order valence-corrected chi connectivity index (χ0v) is 10.9. The highest BCUT2D eigenvalue weighted by atomic mass is 15.4. The maximum Gasteiger partial charge on any atom is 0.155 e. The Hall–Kier alpha value is -2.49. The van der Waals surface area contributed by atoms with Crippen molar-refractivity contribution in [2.45, 2.75) is 13.8 Å². The predicted octanol–water partition coefficient (Wildman–Crippen LogP) is 2.95. The van der Waals surface area contributed by atoms with Crippen molar-refractivity contribution >= 4 is 0 Å². The van der Waals surface area contributed by atoms with Crippen LogP contribution in [0.25, 0.3) is 17.1 Å². The fourth-order valence-electron chi connectivity index (χ4n) is 2.02. The molecule has 0 saturated carbocycles. The average molecular weight is 250 g/mol. The van der Waals surface area contributed by atoms with Gasteiger partial charge in [0.2, 0.25) is 0 Å². The summed E-state index contributed by atoms with van der Waals surface area (Å²) >= 11 is 0. The monoisotopic (exact) mass is 250 g/mol. The topological polar surface area (TPSA) is 43.6 Å². The molecule has 1 aromatic carbocycles. The summed E-state index contributed by atoms with van der Waals surface area (Å²) in [5.41, 5.74) is 4.11. The van der Waals surface area contributed by atoms with Crippen molar-refractivity contribution in [1.82, 2.24) is 20.0 Å². The molecule has 19 heavy (non-hydrogen) atoms. The van der Waals surface area contributed by atoms with Crippen LogP contribution in [0.2, 0.25) is 0 Å². The molecular formula is C15H14N4. The van der Waals surface area contributed by atoms with Gasteiger partial charge in [0.15, 0.2) is 5.82 Å². The average Bonchev–Trinajstić information content (AvgIpc) is 2.89. The lowest BCUT2D eigenvalue weighted by Gasteiger charge is -2.00. The minimum Gasteiger partial charge on any atom is -0.234 e. The van der Waals surface area contributed by atoms with E-state index in [9.17, 15) is 0 Å². The number of aryl methyl sites for hydroxylation is 2. The van der Waals surface area contributed by atoms with Gasteiger partial charge in [-0.25, -0.2) is 9.67 Å². The molecule has 0 saturated heterocycles. The summed E-state index contributed by atoms with van der Waals surface area (Å²) in [6.45, 7) is 4.03. The number of benzene rings is 1. The minimum atomic E-state index is 0.785. The molecule has 3 aromatic rings. The smallest absolute Gasteiger partial charge is 0.155 e. The van der Waals surface area contributed by atoms with E-state index in [1.807, 2.05) is 49.5 Å². The van der Waals surface area contributed by atoms with Crippen molar-refractivity contribution in [2.75, 3.05) is 0 Å². The number of rotatable bonds is 2. The number of aromatic nitrogens is 4. The van der Waals surface area contributed by atoms with Gasteiger partial charge in [0.05, 0.1) is 6.20 Å². The second kappa shape index (κ2) is 4.65. The Morgan fingerprint density at radius 1 is 0.947 bits per heavy atom. The molecule has 2 aromatic heterocycles. The van der Waals surface area contributed by atoms with E-state index in [0.717, 1.165) is 22.8 Å². The summed E-state index contributed by atoms with van der Waals surface area (Å²) < 4.78 is 1.70. The highest BCUT2D eigenvalue weighted by Crippen LogP contribution is 2.20. The van der Waals surface area contributed by atoms with Gasteiger partial charge in [0, 0.05) is 11.3 Å². The van der Waals surface area contributed by atoms with Crippen molar-refractivity contribution in [1.29, 1.82) is 0 Å². The Kier molecular flexibility index (Phi) is 2.83. The van der Waals surface area contributed by atoms with Gasteiger partial charge < -0.3 is 0 Å². The second-order valence-corrected chi connectivity index (χ2v) is 4.50. The molecule has 2 heterocycles. The Labute approximate surface area is 111 Å². The van der Waals surface area contributed by atoms with Gasteiger partial charge in [0.1, 0.15) is 5.69 Å². The third-order valence-electron chi connectivity index (χ3n) is 3.02. The minimum absolute atomic E-state index is 0.785. The normalized spacial score (nSPS) is 10.6. The highest BCUT2D eigenvalue weighted by Gasteiger charge is 2.07. The third kappa shape index (κ3) is 2.25. The van der Waals surface area contributed by atoms with Gasteiger partial charge in [-0.1, -0.05) is 35.5 Å². The maximum atomic E-state index is 4.43. The predicted molar refractivity (Wildman–Crippen MR) is 74.1 cm³/mol. The molecule has 0 aliphatic heterocycles. The molecule has 0 unspecified atom stereocenters. The van der Waals surface area contributed by atoms with Crippen LogP contribution < -0.4 is 0 Å². The Bertz CT molecular complexity index is 715. The lowest BCUT2D eigenvalue weighted by atomic mass is 10.1. The third-order valence-corrected chi connectivity index (χ3v) is 3.02. The SMILES string of the molecule is Cc1cccc(-n2cc(-c3ccccc3C)nn2)n1. The molecule has 0 fully saturated rings. The van der Waals surface area contributed by atoms with Gasteiger partial charge in [-0.3, -0.25) is 0 Å². The van der Waals surface area contributed by atoms with Crippen LogP contribution in [-0.2, 0) is 0 Å². The summed E-state index contributed by atoms with van der Waals surface area (Å²) in [6.07, 6.45) is 1.91. The van der Waals surface area contributed by atoms with E-state index in [2.05, 4.69) is 28.3 Å². The Balaban J connectivity index is 2.03. The highest BCUT2D eigenvalue weighted by molar-refractivity contribution is 5.62. The van der Waals surface area contributed by atoms with Crippen LogP contribution in [0.3, 0.4) is 0 Å². The lowest BCUT2D eigenvalue weighted by molar-refractivity contribution is 0.778. The molecule has 4 nitrogen and oxygen atoms in total. The number of hydrogen-bond acceptors (Lipinski definition) is 3. The van der Waals surface area contributed by atoms with Gasteiger partial charge in [-0.2, -0.15) is 0 Å². The van der Waals surface area contributed by atoms with Crippen LogP contribution in [0.15, 0.2) is 48.7 Å². The zero-order valence-electron chi connectivity index (χ0n) is 10.9. The molecule has 0 spiro atoms. The molecule has 94 valence electrons. The summed E-state index contributed by atoms with van der Waals surface area (Å²) in [4.78, 5) is 4.43. The summed E-state index contributed by atoms with van der Waals surface area (Å²) in [7, 11) is 0. The van der Waals surface area contributed by atoms with Crippen LogP contribution in [0.1, 0.15) is 11.3 Å². The molecule has 0 aliphatic carbocycles. The summed E-state index contributed by atoms with van der Waals surface area (Å²) in [6, 6.07) is 14.0. The summed E-state index contributed by atoms with van der Waals surface area (Å²) in [5, 5.41) is 8.38. The lowest BCUT2D eigenvalue weighted by Crippen LogP contribution is -1.98. The van der Waals surface area contributed by atoms with E-state index in [1.54, 1.807) is 4.68 Å². The van der Waals surface area contributed by atoms with Crippen LogP contribution in [-0.4, -0.2) is 20.0 Å².